The van der Waals surface area contributed by atoms with Gasteiger partial charge in [-0.05, 0) is 31.0 Å². The van der Waals surface area contributed by atoms with Crippen molar-refractivity contribution in [2.24, 2.45) is 0 Å². The number of rotatable bonds is 2. The van der Waals surface area contributed by atoms with Crippen LogP contribution in [-0.4, -0.2) is 10.1 Å². The molecule has 0 amide bonds. The van der Waals surface area contributed by atoms with Crippen molar-refractivity contribution in [1.82, 2.24) is 10.1 Å². The number of nitrogens with two attached hydrogens (primary N) is 1. The van der Waals surface area contributed by atoms with Gasteiger partial charge in [0.05, 0.1) is 5.56 Å². The van der Waals surface area contributed by atoms with Gasteiger partial charge in [-0.3, -0.25) is 0 Å². The van der Waals surface area contributed by atoms with Gasteiger partial charge in [-0.1, -0.05) is 18.1 Å². The van der Waals surface area contributed by atoms with Crippen molar-refractivity contribution < 1.29 is 4.52 Å². The minimum atomic E-state index is 0.501. The lowest BCUT2D eigenvalue weighted by Gasteiger charge is -2.06. The molecule has 0 spiro atoms. The molecule has 4 heteroatoms. The number of hydrogen-bond donors (Lipinski definition) is 1. The fourth-order valence-corrected chi connectivity index (χ4v) is 1.66. The SMILES string of the molecule is CCc1noc(-c2cc(C)cc(C)c2N)n1. The molecule has 84 valence electrons. The third kappa shape index (κ3) is 1.78. The maximum absolute atomic E-state index is 6.01. The van der Waals surface area contributed by atoms with Crippen LogP contribution in [0.1, 0.15) is 23.9 Å². The average Bonchev–Trinajstić information content (AvgIpc) is 2.71. The van der Waals surface area contributed by atoms with Crippen LogP contribution in [0, 0.1) is 13.8 Å². The first-order valence-corrected chi connectivity index (χ1v) is 5.31. The van der Waals surface area contributed by atoms with Crippen molar-refractivity contribution in [3.63, 3.8) is 0 Å². The van der Waals surface area contributed by atoms with Crippen LogP contribution in [0.4, 0.5) is 5.69 Å². The van der Waals surface area contributed by atoms with Crippen molar-refractivity contribution >= 4 is 5.69 Å². The van der Waals surface area contributed by atoms with Gasteiger partial charge in [-0.15, -0.1) is 0 Å². The monoisotopic (exact) mass is 217 g/mol. The molecule has 0 saturated heterocycles. The first kappa shape index (κ1) is 10.7. The van der Waals surface area contributed by atoms with E-state index in [2.05, 4.69) is 10.1 Å². The largest absolute Gasteiger partial charge is 0.398 e. The highest BCUT2D eigenvalue weighted by molar-refractivity contribution is 5.74. The Bertz CT molecular complexity index is 517. The molecule has 0 atom stereocenters. The van der Waals surface area contributed by atoms with Crippen LogP contribution in [0.2, 0.25) is 0 Å². The fourth-order valence-electron chi connectivity index (χ4n) is 1.66. The molecule has 0 saturated carbocycles. The summed E-state index contributed by atoms with van der Waals surface area (Å²) in [7, 11) is 0. The van der Waals surface area contributed by atoms with Crippen molar-refractivity contribution in [3.8, 4) is 11.5 Å². The lowest BCUT2D eigenvalue weighted by atomic mass is 10.0. The van der Waals surface area contributed by atoms with Gasteiger partial charge in [0, 0.05) is 12.1 Å². The molecule has 16 heavy (non-hydrogen) atoms. The van der Waals surface area contributed by atoms with E-state index in [0.717, 1.165) is 23.1 Å². The molecule has 1 aromatic heterocycles. The summed E-state index contributed by atoms with van der Waals surface area (Å²) in [4.78, 5) is 4.28. The summed E-state index contributed by atoms with van der Waals surface area (Å²) in [5.74, 6) is 1.20. The first-order chi connectivity index (χ1) is 7.61. The van der Waals surface area contributed by atoms with E-state index in [4.69, 9.17) is 10.3 Å². The second-order valence-corrected chi connectivity index (χ2v) is 3.91. The molecule has 4 nitrogen and oxygen atoms in total. The number of aryl methyl sites for hydroxylation is 3. The highest BCUT2D eigenvalue weighted by Gasteiger charge is 2.12. The van der Waals surface area contributed by atoms with Gasteiger partial charge in [0.15, 0.2) is 5.82 Å². The molecule has 1 heterocycles. The van der Waals surface area contributed by atoms with Gasteiger partial charge in [0.2, 0.25) is 0 Å². The Hall–Kier alpha value is -1.84. The maximum atomic E-state index is 6.01. The highest BCUT2D eigenvalue weighted by Crippen LogP contribution is 2.28. The first-order valence-electron chi connectivity index (χ1n) is 5.31. The number of aromatic nitrogens is 2. The van der Waals surface area contributed by atoms with Crippen LogP contribution in [-0.2, 0) is 6.42 Å². The Morgan fingerprint density at radius 1 is 1.31 bits per heavy atom. The lowest BCUT2D eigenvalue weighted by Crippen LogP contribution is -1.95. The molecule has 2 rings (SSSR count). The molecule has 0 aliphatic heterocycles. The van der Waals surface area contributed by atoms with Crippen molar-refractivity contribution in [2.75, 3.05) is 5.73 Å². The fraction of sp³-hybridized carbons (Fsp3) is 0.333. The molecule has 2 aromatic rings. The number of anilines is 1. The third-order valence-electron chi connectivity index (χ3n) is 2.55. The van der Waals surface area contributed by atoms with Gasteiger partial charge in [-0.25, -0.2) is 0 Å². The van der Waals surface area contributed by atoms with Gasteiger partial charge < -0.3 is 10.3 Å². The van der Waals surface area contributed by atoms with E-state index in [1.54, 1.807) is 0 Å². The van der Waals surface area contributed by atoms with E-state index in [-0.39, 0.29) is 0 Å². The number of hydrogen-bond acceptors (Lipinski definition) is 4. The third-order valence-corrected chi connectivity index (χ3v) is 2.55. The predicted molar refractivity (Wildman–Crippen MR) is 63.0 cm³/mol. The van der Waals surface area contributed by atoms with Gasteiger partial charge in [0.25, 0.3) is 5.89 Å². The number of benzene rings is 1. The van der Waals surface area contributed by atoms with Crippen molar-refractivity contribution in [2.45, 2.75) is 27.2 Å². The zero-order valence-corrected chi connectivity index (χ0v) is 9.74. The summed E-state index contributed by atoms with van der Waals surface area (Å²) in [6, 6.07) is 4.01. The predicted octanol–water partition coefficient (Wildman–Crippen LogP) is 2.50. The van der Waals surface area contributed by atoms with Gasteiger partial charge in [-0.2, -0.15) is 4.98 Å². The Balaban J connectivity index is 2.54. The minimum Gasteiger partial charge on any atom is -0.398 e. The Morgan fingerprint density at radius 2 is 2.06 bits per heavy atom. The topological polar surface area (TPSA) is 64.9 Å². The van der Waals surface area contributed by atoms with E-state index < -0.39 is 0 Å². The highest BCUT2D eigenvalue weighted by atomic mass is 16.5. The van der Waals surface area contributed by atoms with Gasteiger partial charge >= 0.3 is 0 Å². The average molecular weight is 217 g/mol. The molecular formula is C12H15N3O. The van der Waals surface area contributed by atoms with Crippen LogP contribution >= 0.6 is 0 Å². The molecule has 0 bridgehead atoms. The van der Waals surface area contributed by atoms with Crippen LogP contribution in [0.5, 0.6) is 0 Å². The van der Waals surface area contributed by atoms with E-state index in [9.17, 15) is 0 Å². The molecule has 0 aliphatic rings. The standard InChI is InChI=1S/C12H15N3O/c1-4-10-14-12(16-15-10)9-6-7(2)5-8(3)11(9)13/h5-6H,4,13H2,1-3H3. The maximum Gasteiger partial charge on any atom is 0.260 e. The summed E-state index contributed by atoms with van der Waals surface area (Å²) in [6.45, 7) is 5.98. The number of nitrogen functional groups attached to an aromatic ring is 1. The quantitative estimate of drug-likeness (QED) is 0.785. The van der Waals surface area contributed by atoms with E-state index >= 15 is 0 Å². The molecule has 0 radical (unpaired) electrons. The van der Waals surface area contributed by atoms with Crippen molar-refractivity contribution in [3.05, 3.63) is 29.1 Å². The summed E-state index contributed by atoms with van der Waals surface area (Å²) in [5.41, 5.74) is 9.71. The Labute approximate surface area is 94.5 Å². The van der Waals surface area contributed by atoms with Crippen LogP contribution in [0.15, 0.2) is 16.7 Å². The summed E-state index contributed by atoms with van der Waals surface area (Å²) >= 11 is 0. The normalized spacial score (nSPS) is 10.7. The van der Waals surface area contributed by atoms with Crippen LogP contribution < -0.4 is 5.73 Å². The molecule has 2 N–H and O–H groups in total. The molecule has 0 unspecified atom stereocenters. The second kappa shape index (κ2) is 3.96. The van der Waals surface area contributed by atoms with E-state index in [1.807, 2.05) is 32.9 Å². The lowest BCUT2D eigenvalue weighted by molar-refractivity contribution is 0.423. The minimum absolute atomic E-state index is 0.501. The molecule has 0 fully saturated rings. The molecule has 1 aromatic carbocycles. The number of nitrogens with zero attached hydrogens (tertiary/aromatic N) is 2. The van der Waals surface area contributed by atoms with E-state index in [0.29, 0.717) is 17.4 Å². The molecule has 0 aliphatic carbocycles. The summed E-state index contributed by atoms with van der Waals surface area (Å²) < 4.78 is 5.19. The smallest absolute Gasteiger partial charge is 0.260 e. The Kier molecular flexibility index (Phi) is 2.64. The summed E-state index contributed by atoms with van der Waals surface area (Å²) in [6.07, 6.45) is 0.758. The van der Waals surface area contributed by atoms with E-state index in [1.165, 1.54) is 0 Å². The van der Waals surface area contributed by atoms with Crippen LogP contribution in [0.25, 0.3) is 11.5 Å². The van der Waals surface area contributed by atoms with Crippen molar-refractivity contribution in [1.29, 1.82) is 0 Å². The zero-order chi connectivity index (χ0) is 11.7. The molecular weight excluding hydrogens is 202 g/mol. The second-order valence-electron chi connectivity index (χ2n) is 3.91. The zero-order valence-electron chi connectivity index (χ0n) is 9.74. The summed E-state index contributed by atoms with van der Waals surface area (Å²) in [5, 5.41) is 3.87. The van der Waals surface area contributed by atoms with Gasteiger partial charge in [0.1, 0.15) is 0 Å². The van der Waals surface area contributed by atoms with Crippen LogP contribution in [0.3, 0.4) is 0 Å². The Morgan fingerprint density at radius 3 is 2.69 bits per heavy atom.